The van der Waals surface area contributed by atoms with Gasteiger partial charge in [-0.15, -0.1) is 0 Å². The van der Waals surface area contributed by atoms with Gasteiger partial charge >= 0.3 is 0 Å². The lowest BCUT2D eigenvalue weighted by Crippen LogP contribution is -2.37. The lowest BCUT2D eigenvalue weighted by atomic mass is 9.92. The minimum absolute atomic E-state index is 0.0626. The van der Waals surface area contributed by atoms with Crippen molar-refractivity contribution < 1.29 is 13.5 Å². The van der Waals surface area contributed by atoms with Gasteiger partial charge in [-0.25, -0.2) is 23.9 Å². The predicted molar refractivity (Wildman–Crippen MR) is 131 cm³/mol. The Morgan fingerprint density at radius 3 is 2.62 bits per heavy atom. The molecule has 4 aromatic rings. The van der Waals surface area contributed by atoms with Crippen molar-refractivity contribution in [2.75, 3.05) is 5.32 Å². The van der Waals surface area contributed by atoms with Crippen molar-refractivity contribution in [2.24, 2.45) is 0 Å². The molecule has 0 bridgehead atoms. The van der Waals surface area contributed by atoms with Crippen LogP contribution in [0.4, 0.5) is 5.95 Å². The van der Waals surface area contributed by atoms with Crippen LogP contribution in [0.1, 0.15) is 31.2 Å². The van der Waals surface area contributed by atoms with Crippen molar-refractivity contribution in [3.05, 3.63) is 72.7 Å². The van der Waals surface area contributed by atoms with Gasteiger partial charge in [-0.05, 0) is 49.4 Å². The van der Waals surface area contributed by atoms with Crippen LogP contribution in [0.3, 0.4) is 0 Å². The highest BCUT2D eigenvalue weighted by Crippen LogP contribution is 2.27. The van der Waals surface area contributed by atoms with Crippen LogP contribution < -0.4 is 14.8 Å². The van der Waals surface area contributed by atoms with Crippen molar-refractivity contribution in [1.82, 2.24) is 24.1 Å². The number of fused-ring (bicyclic) bond motifs is 1. The van der Waals surface area contributed by atoms with E-state index in [9.17, 15) is 4.21 Å². The average molecular weight is 479 g/mol. The molecule has 0 spiro atoms. The summed E-state index contributed by atoms with van der Waals surface area (Å²) in [6.07, 6.45) is 8.87. The topological polar surface area (TPSA) is 114 Å². The second kappa shape index (κ2) is 10.3. The predicted octanol–water partition coefficient (Wildman–Crippen LogP) is 3.82. The summed E-state index contributed by atoms with van der Waals surface area (Å²) in [5.41, 5.74) is 3.44. The molecule has 1 aliphatic rings. The smallest absolute Gasteiger partial charge is 0.231 e. The highest BCUT2D eigenvalue weighted by Gasteiger charge is 2.22. The Morgan fingerprint density at radius 2 is 1.82 bits per heavy atom. The number of pyridine rings is 1. The van der Waals surface area contributed by atoms with Gasteiger partial charge in [-0.1, -0.05) is 30.3 Å². The Kier molecular flexibility index (Phi) is 6.79. The molecule has 5 rings (SSSR count). The van der Waals surface area contributed by atoms with Crippen LogP contribution >= 0.6 is 0 Å². The molecule has 0 aliphatic heterocycles. The molecule has 1 unspecified atom stereocenters. The van der Waals surface area contributed by atoms with Gasteiger partial charge in [0.05, 0.1) is 17.6 Å². The molecule has 1 atom stereocenters. The number of anilines is 1. The molecule has 3 N–H and O–H groups in total. The molecule has 0 radical (unpaired) electrons. The molecule has 1 saturated carbocycles. The van der Waals surface area contributed by atoms with E-state index in [0.717, 1.165) is 48.3 Å². The monoisotopic (exact) mass is 478 g/mol. The molecule has 3 heterocycles. The number of hydrogen-bond donors (Lipinski definition) is 3. The number of rotatable bonds is 8. The van der Waals surface area contributed by atoms with E-state index in [1.807, 2.05) is 59.1 Å². The summed E-state index contributed by atoms with van der Waals surface area (Å²) in [5.74, 6) is 1.27. The van der Waals surface area contributed by atoms with E-state index in [2.05, 4.69) is 20.0 Å². The molecule has 1 aliphatic carbocycles. The van der Waals surface area contributed by atoms with Gasteiger partial charge < -0.3 is 10.1 Å². The lowest BCUT2D eigenvalue weighted by molar-refractivity contribution is 0.308. The first-order valence-electron chi connectivity index (χ1n) is 11.3. The van der Waals surface area contributed by atoms with E-state index in [-0.39, 0.29) is 12.1 Å². The first-order chi connectivity index (χ1) is 16.7. The molecule has 176 valence electrons. The minimum Gasteiger partial charge on any atom is -0.485 e. The number of nitrogens with zero attached hydrogens (tertiary/aromatic N) is 4. The molecule has 9 nitrogen and oxygen atoms in total. The van der Waals surface area contributed by atoms with Gasteiger partial charge in [0.1, 0.15) is 6.61 Å². The lowest BCUT2D eigenvalue weighted by Gasteiger charge is -2.28. The maximum Gasteiger partial charge on any atom is 0.231 e. The number of hydrogen-bond acceptors (Lipinski definition) is 6. The van der Waals surface area contributed by atoms with Crippen LogP contribution in [0.15, 0.2) is 67.1 Å². The Hall–Kier alpha value is -3.34. The highest BCUT2D eigenvalue weighted by molar-refractivity contribution is 7.77. The zero-order valence-corrected chi connectivity index (χ0v) is 19.3. The fourth-order valence-corrected chi connectivity index (χ4v) is 4.80. The van der Waals surface area contributed by atoms with Crippen molar-refractivity contribution in [1.29, 1.82) is 0 Å². The van der Waals surface area contributed by atoms with Crippen molar-refractivity contribution >= 4 is 22.9 Å². The number of nitrogens with one attached hydrogen (secondary N) is 2. The summed E-state index contributed by atoms with van der Waals surface area (Å²) < 4.78 is 30.7. The first kappa shape index (κ1) is 22.5. The van der Waals surface area contributed by atoms with E-state index in [1.54, 1.807) is 12.4 Å². The van der Waals surface area contributed by atoms with Crippen molar-refractivity contribution in [3.63, 3.8) is 0 Å². The van der Waals surface area contributed by atoms with Gasteiger partial charge in [0, 0.05) is 24.5 Å². The van der Waals surface area contributed by atoms with Crippen LogP contribution in [0.5, 0.6) is 5.75 Å². The van der Waals surface area contributed by atoms with Crippen LogP contribution in [-0.4, -0.2) is 40.2 Å². The van der Waals surface area contributed by atoms with Crippen LogP contribution in [0.25, 0.3) is 17.0 Å². The summed E-state index contributed by atoms with van der Waals surface area (Å²) in [6.45, 7) is 0.469. The van der Waals surface area contributed by atoms with Gasteiger partial charge in [-0.3, -0.25) is 8.95 Å². The minimum atomic E-state index is -1.97. The Balaban J connectivity index is 1.30. The standard InChI is InChI=1S/C24H26N6O3S/c31-34(32)29-19-10-8-18(9-11-19)27-24-25-13-12-20(28-24)21-15-26-23-22(7-4-14-30(21)23)33-16-17-5-2-1-3-6-17/h1-7,12-15,18-19,29H,8-11,16H2,(H,31,32)(H,25,27,28). The molecular formula is C24H26N6O3S. The van der Waals surface area contributed by atoms with Gasteiger partial charge in [0.2, 0.25) is 17.2 Å². The van der Waals surface area contributed by atoms with Crippen LogP contribution in [0, 0.1) is 0 Å². The van der Waals surface area contributed by atoms with E-state index < -0.39 is 11.3 Å². The van der Waals surface area contributed by atoms with Crippen LogP contribution in [0.2, 0.25) is 0 Å². The first-order valence-corrected chi connectivity index (χ1v) is 12.4. The molecular weight excluding hydrogens is 452 g/mol. The molecule has 3 aromatic heterocycles. The maximum absolute atomic E-state index is 11.0. The number of benzene rings is 1. The average Bonchev–Trinajstić information content (AvgIpc) is 3.29. The summed E-state index contributed by atoms with van der Waals surface area (Å²) in [6, 6.07) is 16.0. The quantitative estimate of drug-likeness (QED) is 0.330. The molecule has 34 heavy (non-hydrogen) atoms. The van der Waals surface area contributed by atoms with E-state index in [0.29, 0.717) is 18.3 Å². The fraction of sp³-hybridized carbons (Fsp3) is 0.292. The maximum atomic E-state index is 11.0. The zero-order valence-electron chi connectivity index (χ0n) is 18.5. The third-order valence-corrected chi connectivity index (χ3v) is 6.52. The zero-order chi connectivity index (χ0) is 23.3. The van der Waals surface area contributed by atoms with E-state index in [1.165, 1.54) is 0 Å². The van der Waals surface area contributed by atoms with Gasteiger partial charge in [0.15, 0.2) is 11.4 Å². The number of ether oxygens (including phenoxy) is 1. The second-order valence-electron chi connectivity index (χ2n) is 8.31. The Bertz CT molecular complexity index is 1270. The van der Waals surface area contributed by atoms with E-state index in [4.69, 9.17) is 14.3 Å². The van der Waals surface area contributed by atoms with Gasteiger partial charge in [-0.2, -0.15) is 0 Å². The SMILES string of the molecule is O=S(O)NC1CCC(Nc2nccc(-c3cnc4c(OCc5ccccc5)cccn34)n2)CC1. The summed E-state index contributed by atoms with van der Waals surface area (Å²) in [5, 5.41) is 3.41. The van der Waals surface area contributed by atoms with Crippen LogP contribution in [-0.2, 0) is 17.9 Å². The largest absolute Gasteiger partial charge is 0.485 e. The molecule has 10 heteroatoms. The van der Waals surface area contributed by atoms with Gasteiger partial charge in [0.25, 0.3) is 0 Å². The molecule has 0 saturated heterocycles. The van der Waals surface area contributed by atoms with Crippen molar-refractivity contribution in [3.8, 4) is 17.1 Å². The normalized spacial score (nSPS) is 19.1. The third kappa shape index (κ3) is 5.24. The summed E-state index contributed by atoms with van der Waals surface area (Å²) >= 11 is -1.97. The molecule has 1 fully saturated rings. The molecule has 0 amide bonds. The highest BCUT2D eigenvalue weighted by atomic mass is 32.2. The van der Waals surface area contributed by atoms with Crippen molar-refractivity contribution in [2.45, 2.75) is 44.4 Å². The Labute approximate surface area is 200 Å². The summed E-state index contributed by atoms with van der Waals surface area (Å²) in [7, 11) is 0. The number of aromatic nitrogens is 4. The Morgan fingerprint density at radius 1 is 1.03 bits per heavy atom. The number of imidazole rings is 1. The molecule has 1 aromatic carbocycles. The fourth-order valence-electron chi connectivity index (χ4n) is 4.27. The third-order valence-electron chi connectivity index (χ3n) is 5.98. The second-order valence-corrected chi connectivity index (χ2v) is 9.04. The summed E-state index contributed by atoms with van der Waals surface area (Å²) in [4.78, 5) is 13.7. The van der Waals surface area contributed by atoms with E-state index >= 15 is 0 Å².